The van der Waals surface area contributed by atoms with Gasteiger partial charge < -0.3 is 15.3 Å². The molecule has 1 heterocycles. The number of hydrogen-bond donors (Lipinski definition) is 2. The predicted octanol–water partition coefficient (Wildman–Crippen LogP) is 2.50. The molecule has 2 aromatic rings. The monoisotopic (exact) mass is 336 g/mol. The largest absolute Gasteiger partial charge is 0.480 e. The molecule has 0 aliphatic heterocycles. The summed E-state index contributed by atoms with van der Waals surface area (Å²) in [5, 5.41) is 11.9. The van der Waals surface area contributed by atoms with E-state index in [0.29, 0.717) is 11.6 Å². The third kappa shape index (κ3) is 3.92. The van der Waals surface area contributed by atoms with E-state index in [0.717, 1.165) is 10.2 Å². The van der Waals surface area contributed by atoms with Crippen LogP contribution in [0, 0.1) is 0 Å². The van der Waals surface area contributed by atoms with Crippen molar-refractivity contribution in [3.05, 3.63) is 41.1 Å². The van der Waals surface area contributed by atoms with Gasteiger partial charge in [-0.3, -0.25) is 4.79 Å². The minimum Gasteiger partial charge on any atom is -0.480 e. The van der Waals surface area contributed by atoms with E-state index in [1.807, 2.05) is 24.3 Å². The van der Waals surface area contributed by atoms with Gasteiger partial charge in [0.2, 0.25) is 0 Å². The Hall–Kier alpha value is -2.15. The molecule has 1 aromatic heterocycles. The van der Waals surface area contributed by atoms with Crippen molar-refractivity contribution in [3.63, 3.8) is 0 Å². The Kier molecular flexibility index (Phi) is 4.52. The molecule has 20 heavy (non-hydrogen) atoms. The lowest BCUT2D eigenvalue weighted by atomic mass is 10.3. The maximum Gasteiger partial charge on any atom is 0.323 e. The summed E-state index contributed by atoms with van der Waals surface area (Å²) in [6.45, 7) is -0.118. The van der Waals surface area contributed by atoms with Gasteiger partial charge in [0.15, 0.2) is 0 Å². The van der Waals surface area contributed by atoms with E-state index in [1.165, 1.54) is 11.2 Å². The highest BCUT2D eigenvalue weighted by molar-refractivity contribution is 9.10. The number of likely N-dealkylation sites (N-methyl/N-ethyl adjacent to an activating group) is 1. The molecule has 0 amide bonds. The van der Waals surface area contributed by atoms with Crippen molar-refractivity contribution in [2.45, 2.75) is 0 Å². The predicted molar refractivity (Wildman–Crippen MR) is 80.4 cm³/mol. The zero-order valence-electron chi connectivity index (χ0n) is 10.7. The molecule has 2 N–H and O–H groups in total. The summed E-state index contributed by atoms with van der Waals surface area (Å²) >= 11 is 3.39. The number of hydrogen-bond acceptors (Lipinski definition) is 5. The molecule has 0 bridgehead atoms. The van der Waals surface area contributed by atoms with Crippen molar-refractivity contribution in [1.29, 1.82) is 0 Å². The third-order valence-electron chi connectivity index (χ3n) is 2.51. The molecule has 0 saturated carbocycles. The first-order chi connectivity index (χ1) is 9.54. The molecule has 7 heteroatoms. The molecule has 0 unspecified atom stereocenters. The summed E-state index contributed by atoms with van der Waals surface area (Å²) in [7, 11) is 1.67. The second-order valence-corrected chi connectivity index (χ2v) is 5.06. The fraction of sp³-hybridized carbons (Fsp3) is 0.154. The van der Waals surface area contributed by atoms with Crippen molar-refractivity contribution in [2.75, 3.05) is 23.8 Å². The van der Waals surface area contributed by atoms with E-state index in [9.17, 15) is 4.79 Å². The zero-order chi connectivity index (χ0) is 14.5. The van der Waals surface area contributed by atoms with Crippen molar-refractivity contribution in [1.82, 2.24) is 9.97 Å². The molecule has 0 atom stereocenters. The summed E-state index contributed by atoms with van der Waals surface area (Å²) in [5.41, 5.74) is 0.880. The average molecular weight is 337 g/mol. The lowest BCUT2D eigenvalue weighted by Crippen LogP contribution is -2.26. The van der Waals surface area contributed by atoms with Crippen molar-refractivity contribution in [2.24, 2.45) is 0 Å². The Balaban J connectivity index is 2.15. The number of carboxylic acids is 1. The van der Waals surface area contributed by atoms with Gasteiger partial charge in [-0.15, -0.1) is 0 Å². The van der Waals surface area contributed by atoms with Crippen LogP contribution in [0.1, 0.15) is 0 Å². The molecule has 2 rings (SSSR count). The van der Waals surface area contributed by atoms with E-state index >= 15 is 0 Å². The molecule has 0 fully saturated rings. The van der Waals surface area contributed by atoms with Gasteiger partial charge in [-0.2, -0.15) is 0 Å². The molecule has 0 aliphatic rings. The first kappa shape index (κ1) is 14.3. The zero-order valence-corrected chi connectivity index (χ0v) is 12.3. The molecular formula is C13H13BrN4O2. The molecule has 0 radical (unpaired) electrons. The van der Waals surface area contributed by atoms with E-state index in [-0.39, 0.29) is 6.54 Å². The highest BCUT2D eigenvalue weighted by Gasteiger charge is 2.08. The van der Waals surface area contributed by atoms with Crippen molar-refractivity contribution < 1.29 is 9.90 Å². The number of halogens is 1. The van der Waals surface area contributed by atoms with Gasteiger partial charge in [0.25, 0.3) is 0 Å². The van der Waals surface area contributed by atoms with Gasteiger partial charge in [0.1, 0.15) is 24.5 Å². The number of anilines is 3. The van der Waals surface area contributed by atoms with Crippen LogP contribution in [0.25, 0.3) is 0 Å². The quantitative estimate of drug-likeness (QED) is 0.873. The van der Waals surface area contributed by atoms with Crippen LogP contribution in [0.2, 0.25) is 0 Å². The minimum absolute atomic E-state index is 0.118. The SMILES string of the molecule is CN(CC(=O)O)c1cc(Nc2cccc(Br)c2)ncn1. The number of rotatable bonds is 5. The minimum atomic E-state index is -0.910. The molecule has 0 spiro atoms. The van der Waals surface area contributed by atoms with Gasteiger partial charge >= 0.3 is 5.97 Å². The topological polar surface area (TPSA) is 78.4 Å². The molecule has 104 valence electrons. The van der Waals surface area contributed by atoms with Crippen LogP contribution in [0.15, 0.2) is 41.1 Å². The van der Waals surface area contributed by atoms with Crippen LogP contribution in [0.5, 0.6) is 0 Å². The van der Waals surface area contributed by atoms with Crippen LogP contribution in [-0.4, -0.2) is 34.6 Å². The fourth-order valence-corrected chi connectivity index (χ4v) is 2.02. The first-order valence-electron chi connectivity index (χ1n) is 5.82. The fourth-order valence-electron chi connectivity index (χ4n) is 1.62. The molecule has 0 saturated heterocycles. The standard InChI is InChI=1S/C13H13BrN4O2/c1-18(7-13(19)20)12-6-11(15-8-16-12)17-10-4-2-3-9(14)5-10/h2-6,8H,7H2,1H3,(H,19,20)(H,15,16,17). The lowest BCUT2D eigenvalue weighted by molar-refractivity contribution is -0.135. The summed E-state index contributed by atoms with van der Waals surface area (Å²) in [5.74, 6) is 0.234. The second kappa shape index (κ2) is 6.33. The van der Waals surface area contributed by atoms with E-state index < -0.39 is 5.97 Å². The highest BCUT2D eigenvalue weighted by atomic mass is 79.9. The molecule has 1 aromatic carbocycles. The normalized spacial score (nSPS) is 10.1. The van der Waals surface area contributed by atoms with Crippen LogP contribution in [0.4, 0.5) is 17.3 Å². The number of carboxylic acid groups (broad SMARTS) is 1. The molecular weight excluding hydrogens is 324 g/mol. The Morgan fingerprint density at radius 3 is 2.90 bits per heavy atom. The van der Waals surface area contributed by atoms with Gasteiger partial charge in [-0.1, -0.05) is 22.0 Å². The van der Waals surface area contributed by atoms with E-state index in [4.69, 9.17) is 5.11 Å². The maximum atomic E-state index is 10.7. The Labute approximate surface area is 124 Å². The number of nitrogens with one attached hydrogen (secondary N) is 1. The Morgan fingerprint density at radius 2 is 2.20 bits per heavy atom. The summed E-state index contributed by atoms with van der Waals surface area (Å²) < 4.78 is 0.958. The number of aliphatic carboxylic acids is 1. The molecule has 0 aliphatic carbocycles. The second-order valence-electron chi connectivity index (χ2n) is 4.15. The van der Waals surface area contributed by atoms with Gasteiger partial charge in [0.05, 0.1) is 0 Å². The lowest BCUT2D eigenvalue weighted by Gasteiger charge is -2.16. The van der Waals surface area contributed by atoms with E-state index in [2.05, 4.69) is 31.2 Å². The first-order valence-corrected chi connectivity index (χ1v) is 6.61. The van der Waals surface area contributed by atoms with Gasteiger partial charge in [0, 0.05) is 23.3 Å². The van der Waals surface area contributed by atoms with Gasteiger partial charge in [-0.25, -0.2) is 9.97 Å². The Bertz CT molecular complexity index is 621. The number of aromatic nitrogens is 2. The van der Waals surface area contributed by atoms with Gasteiger partial charge in [-0.05, 0) is 18.2 Å². The van der Waals surface area contributed by atoms with Crippen LogP contribution >= 0.6 is 15.9 Å². The van der Waals surface area contributed by atoms with Crippen molar-refractivity contribution in [3.8, 4) is 0 Å². The number of benzene rings is 1. The number of carbonyl (C=O) groups is 1. The van der Waals surface area contributed by atoms with Crippen LogP contribution < -0.4 is 10.2 Å². The number of nitrogens with zero attached hydrogens (tertiary/aromatic N) is 3. The maximum absolute atomic E-state index is 10.7. The summed E-state index contributed by atoms with van der Waals surface area (Å²) in [6, 6.07) is 9.36. The average Bonchev–Trinajstić information content (AvgIpc) is 2.38. The summed E-state index contributed by atoms with van der Waals surface area (Å²) in [6.07, 6.45) is 1.40. The van der Waals surface area contributed by atoms with Crippen molar-refractivity contribution >= 4 is 39.2 Å². The highest BCUT2D eigenvalue weighted by Crippen LogP contribution is 2.20. The Morgan fingerprint density at radius 1 is 1.40 bits per heavy atom. The molecule has 6 nitrogen and oxygen atoms in total. The summed E-state index contributed by atoms with van der Waals surface area (Å²) in [4.78, 5) is 20.4. The third-order valence-corrected chi connectivity index (χ3v) is 3.01. The smallest absolute Gasteiger partial charge is 0.323 e. The van der Waals surface area contributed by atoms with Crippen LogP contribution in [0.3, 0.4) is 0 Å². The van der Waals surface area contributed by atoms with Crippen LogP contribution in [-0.2, 0) is 4.79 Å². The van der Waals surface area contributed by atoms with E-state index in [1.54, 1.807) is 13.1 Å².